The molecule has 0 aromatic heterocycles. The van der Waals surface area contributed by atoms with E-state index < -0.39 is 0 Å². The Morgan fingerprint density at radius 1 is 1.36 bits per heavy atom. The molecule has 2 nitrogen and oxygen atoms in total. The van der Waals surface area contributed by atoms with E-state index in [-0.39, 0.29) is 0 Å². The molecule has 2 heteroatoms. The fourth-order valence-electron chi connectivity index (χ4n) is 2.27. The Bertz CT molecular complexity index is 130. The van der Waals surface area contributed by atoms with Crippen molar-refractivity contribution in [2.45, 2.75) is 25.9 Å². The zero-order valence-electron chi connectivity index (χ0n) is 7.08. The third kappa shape index (κ3) is 1.30. The number of rotatable bonds is 1. The Labute approximate surface area is 67.9 Å². The van der Waals surface area contributed by atoms with Gasteiger partial charge in [0.05, 0.1) is 19.3 Å². The number of ether oxygens (including phenoxy) is 2. The molecule has 0 saturated carbocycles. The number of fused-ring (bicyclic) bond motifs is 1. The largest absolute Gasteiger partial charge is 0.381 e. The Hall–Kier alpha value is -0.0800. The Kier molecular flexibility index (Phi) is 2.14. The van der Waals surface area contributed by atoms with Crippen LogP contribution in [-0.4, -0.2) is 25.9 Å². The zero-order chi connectivity index (χ0) is 7.68. The van der Waals surface area contributed by atoms with E-state index in [4.69, 9.17) is 9.47 Å². The van der Waals surface area contributed by atoms with Gasteiger partial charge in [-0.25, -0.2) is 0 Å². The monoisotopic (exact) mass is 156 g/mol. The van der Waals surface area contributed by atoms with Crippen molar-refractivity contribution in [3.8, 4) is 0 Å². The van der Waals surface area contributed by atoms with Gasteiger partial charge in [0.2, 0.25) is 0 Å². The number of hydrogen-bond donors (Lipinski definition) is 0. The summed E-state index contributed by atoms with van der Waals surface area (Å²) in [6.07, 6.45) is 2.91. The molecule has 0 N–H and O–H groups in total. The molecule has 64 valence electrons. The van der Waals surface area contributed by atoms with Crippen LogP contribution in [0.5, 0.6) is 0 Å². The molecule has 0 radical (unpaired) electrons. The molecule has 0 aliphatic carbocycles. The lowest BCUT2D eigenvalue weighted by atomic mass is 9.86. The summed E-state index contributed by atoms with van der Waals surface area (Å²) in [7, 11) is 0. The van der Waals surface area contributed by atoms with Crippen LogP contribution in [0.15, 0.2) is 0 Å². The minimum Gasteiger partial charge on any atom is -0.381 e. The van der Waals surface area contributed by atoms with Gasteiger partial charge >= 0.3 is 0 Å². The van der Waals surface area contributed by atoms with Crippen LogP contribution in [0.25, 0.3) is 0 Å². The highest BCUT2D eigenvalue weighted by atomic mass is 16.5. The Balaban J connectivity index is 1.98. The fourth-order valence-corrected chi connectivity index (χ4v) is 2.27. The SMILES string of the molecule is CCC1OCC2COCCC21. The normalized spacial score (nSPS) is 43.9. The molecular formula is C9H16O2. The highest BCUT2D eigenvalue weighted by Gasteiger charge is 2.37. The molecule has 2 rings (SSSR count). The predicted molar refractivity (Wildman–Crippen MR) is 42.4 cm³/mol. The van der Waals surface area contributed by atoms with Crippen molar-refractivity contribution < 1.29 is 9.47 Å². The fraction of sp³-hybridized carbons (Fsp3) is 1.00. The van der Waals surface area contributed by atoms with Crippen LogP contribution >= 0.6 is 0 Å². The van der Waals surface area contributed by atoms with E-state index in [1.165, 1.54) is 12.8 Å². The molecule has 2 heterocycles. The maximum absolute atomic E-state index is 5.67. The van der Waals surface area contributed by atoms with E-state index >= 15 is 0 Å². The Morgan fingerprint density at radius 3 is 3.09 bits per heavy atom. The van der Waals surface area contributed by atoms with Crippen molar-refractivity contribution in [3.05, 3.63) is 0 Å². The first-order valence-corrected chi connectivity index (χ1v) is 4.61. The summed E-state index contributed by atoms with van der Waals surface area (Å²) in [5, 5.41) is 0. The van der Waals surface area contributed by atoms with Crippen LogP contribution in [0.4, 0.5) is 0 Å². The van der Waals surface area contributed by atoms with Gasteiger partial charge in [-0.2, -0.15) is 0 Å². The van der Waals surface area contributed by atoms with Crippen molar-refractivity contribution in [1.82, 2.24) is 0 Å². The van der Waals surface area contributed by atoms with Crippen molar-refractivity contribution >= 4 is 0 Å². The van der Waals surface area contributed by atoms with Crippen molar-refractivity contribution in [3.63, 3.8) is 0 Å². The van der Waals surface area contributed by atoms with Gasteiger partial charge in [0.1, 0.15) is 0 Å². The predicted octanol–water partition coefficient (Wildman–Crippen LogP) is 1.45. The summed E-state index contributed by atoms with van der Waals surface area (Å²) in [5.41, 5.74) is 0. The van der Waals surface area contributed by atoms with Crippen molar-refractivity contribution in [2.75, 3.05) is 19.8 Å². The average molecular weight is 156 g/mol. The molecule has 0 aromatic carbocycles. The quantitative estimate of drug-likeness (QED) is 0.572. The van der Waals surface area contributed by atoms with Crippen LogP contribution in [0.2, 0.25) is 0 Å². The molecule has 3 unspecified atom stereocenters. The summed E-state index contributed by atoms with van der Waals surface area (Å²) >= 11 is 0. The van der Waals surface area contributed by atoms with Crippen LogP contribution in [0, 0.1) is 11.8 Å². The smallest absolute Gasteiger partial charge is 0.0606 e. The topological polar surface area (TPSA) is 18.5 Å². The molecule has 11 heavy (non-hydrogen) atoms. The second-order valence-corrected chi connectivity index (χ2v) is 3.57. The summed E-state index contributed by atoms with van der Waals surface area (Å²) in [4.78, 5) is 0. The molecule has 0 spiro atoms. The summed E-state index contributed by atoms with van der Waals surface area (Å²) in [5.74, 6) is 1.50. The average Bonchev–Trinajstić information content (AvgIpc) is 2.47. The van der Waals surface area contributed by atoms with Gasteiger partial charge in [0, 0.05) is 12.5 Å². The van der Waals surface area contributed by atoms with Crippen molar-refractivity contribution in [2.24, 2.45) is 11.8 Å². The van der Waals surface area contributed by atoms with E-state index in [9.17, 15) is 0 Å². The van der Waals surface area contributed by atoms with Crippen LogP contribution < -0.4 is 0 Å². The van der Waals surface area contributed by atoms with E-state index in [0.29, 0.717) is 12.0 Å². The third-order valence-electron chi connectivity index (χ3n) is 2.94. The molecule has 0 aromatic rings. The van der Waals surface area contributed by atoms with Crippen LogP contribution in [0.3, 0.4) is 0 Å². The van der Waals surface area contributed by atoms with Gasteiger partial charge < -0.3 is 9.47 Å². The Morgan fingerprint density at radius 2 is 2.27 bits per heavy atom. The molecule has 2 fully saturated rings. The molecule has 3 atom stereocenters. The molecule has 0 bridgehead atoms. The second kappa shape index (κ2) is 3.11. The number of hydrogen-bond acceptors (Lipinski definition) is 2. The van der Waals surface area contributed by atoms with Gasteiger partial charge in [-0.05, 0) is 18.8 Å². The van der Waals surface area contributed by atoms with E-state index in [2.05, 4.69) is 6.92 Å². The van der Waals surface area contributed by atoms with Crippen LogP contribution in [0.1, 0.15) is 19.8 Å². The maximum atomic E-state index is 5.67. The summed E-state index contributed by atoms with van der Waals surface area (Å²) < 4.78 is 11.1. The lowest BCUT2D eigenvalue weighted by Gasteiger charge is -2.26. The molecular weight excluding hydrogens is 140 g/mol. The van der Waals surface area contributed by atoms with E-state index in [1.807, 2.05) is 0 Å². The van der Waals surface area contributed by atoms with E-state index in [0.717, 1.165) is 25.7 Å². The summed E-state index contributed by atoms with van der Waals surface area (Å²) in [6.45, 7) is 5.02. The first kappa shape index (κ1) is 7.56. The van der Waals surface area contributed by atoms with Crippen molar-refractivity contribution in [1.29, 1.82) is 0 Å². The van der Waals surface area contributed by atoms with Crippen LogP contribution in [-0.2, 0) is 9.47 Å². The highest BCUT2D eigenvalue weighted by Crippen LogP contribution is 2.34. The van der Waals surface area contributed by atoms with Gasteiger partial charge in [-0.15, -0.1) is 0 Å². The molecule has 0 amide bonds. The standard InChI is InChI=1S/C9H16O2/c1-2-9-8-3-4-10-5-7(8)6-11-9/h7-9H,2-6H2,1H3. The van der Waals surface area contributed by atoms with Gasteiger partial charge in [0.25, 0.3) is 0 Å². The van der Waals surface area contributed by atoms with E-state index in [1.54, 1.807) is 0 Å². The molecule has 2 aliphatic heterocycles. The third-order valence-corrected chi connectivity index (χ3v) is 2.94. The maximum Gasteiger partial charge on any atom is 0.0606 e. The first-order valence-electron chi connectivity index (χ1n) is 4.61. The molecule has 2 saturated heterocycles. The second-order valence-electron chi connectivity index (χ2n) is 3.57. The highest BCUT2D eigenvalue weighted by molar-refractivity contribution is 4.84. The molecule has 2 aliphatic rings. The van der Waals surface area contributed by atoms with Gasteiger partial charge in [0.15, 0.2) is 0 Å². The lowest BCUT2D eigenvalue weighted by Crippen LogP contribution is -2.29. The zero-order valence-corrected chi connectivity index (χ0v) is 7.08. The van der Waals surface area contributed by atoms with Gasteiger partial charge in [-0.1, -0.05) is 6.92 Å². The lowest BCUT2D eigenvalue weighted by molar-refractivity contribution is 0.0280. The first-order chi connectivity index (χ1) is 5.42. The van der Waals surface area contributed by atoms with Gasteiger partial charge in [-0.3, -0.25) is 0 Å². The minimum atomic E-state index is 0.531. The minimum absolute atomic E-state index is 0.531. The summed E-state index contributed by atoms with van der Waals surface area (Å²) in [6, 6.07) is 0.